The van der Waals surface area contributed by atoms with Gasteiger partial charge in [-0.3, -0.25) is 4.79 Å². The average Bonchev–Trinajstić information content (AvgIpc) is 2.80. The molecule has 1 heterocycles. The predicted molar refractivity (Wildman–Crippen MR) is 115 cm³/mol. The molecule has 4 nitrogen and oxygen atoms in total. The van der Waals surface area contributed by atoms with Crippen molar-refractivity contribution in [2.45, 2.75) is 38.1 Å². The number of allylic oxidation sites excluding steroid dienone is 1. The maximum absolute atomic E-state index is 13.0. The molecule has 5 heteroatoms. The fourth-order valence-corrected chi connectivity index (χ4v) is 4.31. The van der Waals surface area contributed by atoms with Crippen LogP contribution in [-0.2, 0) is 20.9 Å². The fourth-order valence-electron chi connectivity index (χ4n) is 4.31. The summed E-state index contributed by atoms with van der Waals surface area (Å²) in [5.74, 6) is 0.387. The molecule has 1 aliphatic carbocycles. The summed E-state index contributed by atoms with van der Waals surface area (Å²) in [7, 11) is 0. The fraction of sp³-hybridized carbons (Fsp3) is 0.269. The first kappa shape index (κ1) is 19.8. The molecule has 0 spiro atoms. The second kappa shape index (κ2) is 8.52. The Labute approximate surface area is 180 Å². The lowest BCUT2D eigenvalue weighted by molar-refractivity contribution is -0.134. The van der Waals surface area contributed by atoms with E-state index in [1.165, 1.54) is 18.4 Å². The van der Waals surface area contributed by atoms with Gasteiger partial charge in [0.15, 0.2) is 0 Å². The molecule has 3 unspecified atom stereocenters. The number of Topliss-reactive ketones (excluding diaryl/α,β-unsaturated/α-hetero) is 1. The van der Waals surface area contributed by atoms with E-state index >= 15 is 0 Å². The van der Waals surface area contributed by atoms with Gasteiger partial charge in [0.25, 0.3) is 0 Å². The summed E-state index contributed by atoms with van der Waals surface area (Å²) in [6.45, 7) is 0.419. The summed E-state index contributed by atoms with van der Waals surface area (Å²) in [5.41, 5.74) is 0.926. The van der Waals surface area contributed by atoms with Crippen LogP contribution in [0.1, 0.15) is 24.8 Å². The molecule has 5 rings (SSSR count). The van der Waals surface area contributed by atoms with E-state index in [1.54, 1.807) is 12.1 Å². The van der Waals surface area contributed by atoms with Gasteiger partial charge in [-0.2, -0.15) is 0 Å². The van der Waals surface area contributed by atoms with Crippen LogP contribution < -0.4 is 4.74 Å². The van der Waals surface area contributed by atoms with Crippen LogP contribution in [0.2, 0.25) is 0 Å². The molecular formula is C26H23FO4. The molecule has 0 amide bonds. The van der Waals surface area contributed by atoms with Crippen molar-refractivity contribution in [3.8, 4) is 5.75 Å². The second-order valence-corrected chi connectivity index (χ2v) is 8.11. The van der Waals surface area contributed by atoms with Gasteiger partial charge in [-0.1, -0.05) is 42.5 Å². The third-order valence-corrected chi connectivity index (χ3v) is 6.02. The summed E-state index contributed by atoms with van der Waals surface area (Å²) < 4.78 is 30.8. The molecule has 31 heavy (non-hydrogen) atoms. The number of halogens is 1. The standard InChI is InChI=1S/C26H23FO4/c27-20-8-5-17(6-9-20)15-29-21-11-12-23-24(14-21)30-16-25(26(23)28)31-22-10-7-18-3-1-2-4-19(18)13-22/h1-10,13,16,21,23-24H,11-12,14-15H2. The maximum Gasteiger partial charge on any atom is 0.207 e. The summed E-state index contributed by atoms with van der Waals surface area (Å²) in [6.07, 6.45) is 3.37. The zero-order valence-corrected chi connectivity index (χ0v) is 17.0. The quantitative estimate of drug-likeness (QED) is 0.545. The normalized spacial score (nSPS) is 23.1. The van der Waals surface area contributed by atoms with Gasteiger partial charge < -0.3 is 14.2 Å². The van der Waals surface area contributed by atoms with Crippen molar-refractivity contribution in [3.05, 3.63) is 90.1 Å². The molecule has 3 aromatic carbocycles. The highest BCUT2D eigenvalue weighted by Gasteiger charge is 2.41. The molecule has 0 radical (unpaired) electrons. The lowest BCUT2D eigenvalue weighted by atomic mass is 9.80. The minimum atomic E-state index is -0.258. The summed E-state index contributed by atoms with van der Waals surface area (Å²) >= 11 is 0. The van der Waals surface area contributed by atoms with Crippen molar-refractivity contribution in [1.29, 1.82) is 0 Å². The smallest absolute Gasteiger partial charge is 0.207 e. The van der Waals surface area contributed by atoms with Crippen LogP contribution in [0, 0.1) is 11.7 Å². The van der Waals surface area contributed by atoms with E-state index in [2.05, 4.69) is 0 Å². The Balaban J connectivity index is 1.21. The number of carbonyl (C=O) groups is 1. The van der Waals surface area contributed by atoms with Crippen LogP contribution in [0.15, 0.2) is 78.8 Å². The molecule has 3 atom stereocenters. The van der Waals surface area contributed by atoms with Crippen molar-refractivity contribution >= 4 is 16.6 Å². The highest BCUT2D eigenvalue weighted by molar-refractivity contribution is 5.96. The Morgan fingerprint density at radius 2 is 1.77 bits per heavy atom. The van der Waals surface area contributed by atoms with E-state index in [0.717, 1.165) is 22.8 Å². The summed E-state index contributed by atoms with van der Waals surface area (Å²) in [6, 6.07) is 20.1. The minimum absolute atomic E-state index is 0.00968. The van der Waals surface area contributed by atoms with E-state index in [4.69, 9.17) is 14.2 Å². The van der Waals surface area contributed by atoms with Crippen molar-refractivity contribution in [2.24, 2.45) is 5.92 Å². The molecule has 1 aliphatic heterocycles. The predicted octanol–water partition coefficient (Wildman–Crippen LogP) is 5.55. The van der Waals surface area contributed by atoms with Crippen LogP contribution >= 0.6 is 0 Å². The summed E-state index contributed by atoms with van der Waals surface area (Å²) in [4.78, 5) is 13.0. The average molecular weight is 418 g/mol. The SMILES string of the molecule is O=C1C(Oc2ccc3ccccc3c2)=COC2CC(OCc3ccc(F)cc3)CCC12. The number of fused-ring (bicyclic) bond motifs is 2. The van der Waals surface area contributed by atoms with E-state index in [1.807, 2.05) is 42.5 Å². The molecular weight excluding hydrogens is 395 g/mol. The van der Waals surface area contributed by atoms with Gasteiger partial charge in [0.05, 0.1) is 18.6 Å². The lowest BCUT2D eigenvalue weighted by Crippen LogP contribution is -2.42. The first-order valence-corrected chi connectivity index (χ1v) is 10.6. The van der Waals surface area contributed by atoms with Crippen LogP contribution in [0.3, 0.4) is 0 Å². The van der Waals surface area contributed by atoms with Gasteiger partial charge in [-0.05, 0) is 53.4 Å². The first-order valence-electron chi connectivity index (χ1n) is 10.6. The number of benzene rings is 3. The number of hydrogen-bond donors (Lipinski definition) is 0. The zero-order chi connectivity index (χ0) is 21.2. The topological polar surface area (TPSA) is 44.8 Å². The Hall–Kier alpha value is -3.18. The van der Waals surface area contributed by atoms with E-state index in [-0.39, 0.29) is 35.5 Å². The van der Waals surface area contributed by atoms with Gasteiger partial charge in [0.2, 0.25) is 11.5 Å². The van der Waals surface area contributed by atoms with Crippen LogP contribution in [0.5, 0.6) is 5.75 Å². The highest BCUT2D eigenvalue weighted by Crippen LogP contribution is 2.35. The van der Waals surface area contributed by atoms with Crippen molar-refractivity contribution in [2.75, 3.05) is 0 Å². The molecule has 0 N–H and O–H groups in total. The molecule has 0 saturated heterocycles. The third kappa shape index (κ3) is 4.32. The third-order valence-electron chi connectivity index (χ3n) is 6.02. The zero-order valence-electron chi connectivity index (χ0n) is 17.0. The van der Waals surface area contributed by atoms with Gasteiger partial charge in [-0.15, -0.1) is 0 Å². The molecule has 0 aromatic heterocycles. The highest BCUT2D eigenvalue weighted by atomic mass is 19.1. The molecule has 158 valence electrons. The van der Waals surface area contributed by atoms with E-state index in [9.17, 15) is 9.18 Å². The molecule has 2 aliphatic rings. The number of rotatable bonds is 5. The Morgan fingerprint density at radius 1 is 0.968 bits per heavy atom. The van der Waals surface area contributed by atoms with Gasteiger partial charge in [0, 0.05) is 6.42 Å². The second-order valence-electron chi connectivity index (χ2n) is 8.11. The van der Waals surface area contributed by atoms with Crippen molar-refractivity contribution in [1.82, 2.24) is 0 Å². The van der Waals surface area contributed by atoms with Gasteiger partial charge in [-0.25, -0.2) is 4.39 Å². The Morgan fingerprint density at radius 3 is 2.61 bits per heavy atom. The largest absolute Gasteiger partial charge is 0.493 e. The first-order chi connectivity index (χ1) is 15.2. The number of ether oxygens (including phenoxy) is 3. The Kier molecular flexibility index (Phi) is 5.43. The minimum Gasteiger partial charge on any atom is -0.493 e. The van der Waals surface area contributed by atoms with Crippen LogP contribution in [0.4, 0.5) is 4.39 Å². The number of hydrogen-bond acceptors (Lipinski definition) is 4. The van der Waals surface area contributed by atoms with E-state index < -0.39 is 0 Å². The molecule has 3 aromatic rings. The van der Waals surface area contributed by atoms with Crippen molar-refractivity contribution in [3.63, 3.8) is 0 Å². The molecule has 1 saturated carbocycles. The summed E-state index contributed by atoms with van der Waals surface area (Å²) in [5, 5.41) is 2.18. The lowest BCUT2D eigenvalue weighted by Gasteiger charge is -2.37. The van der Waals surface area contributed by atoms with Gasteiger partial charge in [0.1, 0.15) is 23.9 Å². The molecule has 0 bridgehead atoms. The Bertz CT molecular complexity index is 1120. The van der Waals surface area contributed by atoms with E-state index in [0.29, 0.717) is 25.2 Å². The van der Waals surface area contributed by atoms with Gasteiger partial charge >= 0.3 is 0 Å². The molecule has 1 fully saturated rings. The monoisotopic (exact) mass is 418 g/mol. The number of ketones is 1. The maximum atomic E-state index is 13.0. The number of carbonyl (C=O) groups excluding carboxylic acids is 1. The van der Waals surface area contributed by atoms with Crippen LogP contribution in [0.25, 0.3) is 10.8 Å². The van der Waals surface area contributed by atoms with Crippen molar-refractivity contribution < 1.29 is 23.4 Å². The van der Waals surface area contributed by atoms with Crippen LogP contribution in [-0.4, -0.2) is 18.0 Å².